The molecular formula is C14H18ClN3. The zero-order valence-corrected chi connectivity index (χ0v) is 11.2. The van der Waals surface area contributed by atoms with E-state index in [1.54, 1.807) is 12.3 Å². The van der Waals surface area contributed by atoms with Crippen LogP contribution in [0.15, 0.2) is 12.3 Å². The third-order valence-corrected chi connectivity index (χ3v) is 3.95. The van der Waals surface area contributed by atoms with Crippen LogP contribution in [0.3, 0.4) is 0 Å². The predicted molar refractivity (Wildman–Crippen MR) is 73.6 cm³/mol. The molecule has 1 heterocycles. The molecule has 1 aromatic rings. The molecule has 3 nitrogen and oxygen atoms in total. The van der Waals surface area contributed by atoms with E-state index in [4.69, 9.17) is 16.9 Å². The summed E-state index contributed by atoms with van der Waals surface area (Å²) in [6.45, 7) is 0.873. The number of pyridine rings is 1. The van der Waals surface area contributed by atoms with Crippen LogP contribution in [0.25, 0.3) is 0 Å². The fraction of sp³-hybridized carbons (Fsp3) is 0.571. The first-order valence-electron chi connectivity index (χ1n) is 6.59. The molecule has 0 saturated heterocycles. The van der Waals surface area contributed by atoms with Crippen molar-refractivity contribution in [1.29, 1.82) is 5.26 Å². The summed E-state index contributed by atoms with van der Waals surface area (Å²) in [5, 5.41) is 12.5. The lowest BCUT2D eigenvalue weighted by atomic mass is 10.0. The first kappa shape index (κ1) is 13.2. The number of rotatable bonds is 5. The van der Waals surface area contributed by atoms with Crippen LogP contribution < -0.4 is 5.32 Å². The minimum atomic E-state index is 0.431. The second kappa shape index (κ2) is 6.61. The second-order valence-corrected chi connectivity index (χ2v) is 5.23. The average Bonchev–Trinajstić information content (AvgIpc) is 2.89. The molecule has 18 heavy (non-hydrogen) atoms. The highest BCUT2D eigenvalue weighted by Crippen LogP contribution is 2.28. The van der Waals surface area contributed by atoms with E-state index in [1.807, 2.05) is 0 Å². The molecule has 1 aromatic heterocycles. The molecule has 1 aliphatic carbocycles. The predicted octanol–water partition coefficient (Wildman–Crippen LogP) is 3.99. The molecule has 0 unspecified atom stereocenters. The van der Waals surface area contributed by atoms with Crippen LogP contribution in [-0.2, 0) is 0 Å². The van der Waals surface area contributed by atoms with Gasteiger partial charge in [-0.25, -0.2) is 4.98 Å². The fourth-order valence-corrected chi connectivity index (χ4v) is 2.77. The number of anilines is 1. The van der Waals surface area contributed by atoms with E-state index in [9.17, 15) is 0 Å². The van der Waals surface area contributed by atoms with E-state index in [2.05, 4.69) is 16.4 Å². The monoisotopic (exact) mass is 263 g/mol. The molecule has 1 N–H and O–H groups in total. The van der Waals surface area contributed by atoms with Gasteiger partial charge in [-0.3, -0.25) is 0 Å². The van der Waals surface area contributed by atoms with Crippen LogP contribution in [0.5, 0.6) is 0 Å². The van der Waals surface area contributed by atoms with Crippen molar-refractivity contribution in [2.45, 2.75) is 38.5 Å². The van der Waals surface area contributed by atoms with Crippen LogP contribution in [0, 0.1) is 17.2 Å². The maximum absolute atomic E-state index is 8.87. The number of aromatic nitrogens is 1. The summed E-state index contributed by atoms with van der Waals surface area (Å²) in [4.78, 5) is 4.16. The van der Waals surface area contributed by atoms with Crippen molar-refractivity contribution in [3.05, 3.63) is 22.8 Å². The van der Waals surface area contributed by atoms with Crippen LogP contribution in [-0.4, -0.2) is 11.5 Å². The van der Waals surface area contributed by atoms with Crippen LogP contribution in [0.1, 0.15) is 44.1 Å². The van der Waals surface area contributed by atoms with Crippen LogP contribution >= 0.6 is 11.6 Å². The van der Waals surface area contributed by atoms with Gasteiger partial charge in [0.25, 0.3) is 0 Å². The largest absolute Gasteiger partial charge is 0.369 e. The van der Waals surface area contributed by atoms with Crippen molar-refractivity contribution >= 4 is 17.4 Å². The first-order chi connectivity index (χ1) is 8.81. The van der Waals surface area contributed by atoms with E-state index < -0.39 is 0 Å². The van der Waals surface area contributed by atoms with Crippen molar-refractivity contribution < 1.29 is 0 Å². The van der Waals surface area contributed by atoms with Gasteiger partial charge in [0.05, 0.1) is 5.56 Å². The molecule has 4 heteroatoms. The first-order valence-corrected chi connectivity index (χ1v) is 6.97. The topological polar surface area (TPSA) is 48.7 Å². The van der Waals surface area contributed by atoms with E-state index in [0.717, 1.165) is 18.9 Å². The third kappa shape index (κ3) is 3.36. The van der Waals surface area contributed by atoms with E-state index in [1.165, 1.54) is 32.1 Å². The Morgan fingerprint density at radius 2 is 2.22 bits per heavy atom. The number of hydrogen-bond donors (Lipinski definition) is 1. The standard InChI is InChI=1S/C14H18ClN3/c15-13-12(10-16)7-9-18-14(13)17-8-3-6-11-4-1-2-5-11/h7,9,11H,1-6,8H2,(H,17,18). The lowest BCUT2D eigenvalue weighted by molar-refractivity contribution is 0.491. The van der Waals surface area contributed by atoms with Crippen molar-refractivity contribution in [2.75, 3.05) is 11.9 Å². The molecule has 0 aliphatic heterocycles. The third-order valence-electron chi connectivity index (χ3n) is 3.57. The highest BCUT2D eigenvalue weighted by atomic mass is 35.5. The molecular weight excluding hydrogens is 246 g/mol. The van der Waals surface area contributed by atoms with Gasteiger partial charge in [0.1, 0.15) is 16.9 Å². The fourth-order valence-electron chi connectivity index (χ4n) is 2.55. The summed E-state index contributed by atoms with van der Waals surface area (Å²) in [5.41, 5.74) is 0.477. The highest BCUT2D eigenvalue weighted by Gasteiger charge is 2.14. The summed E-state index contributed by atoms with van der Waals surface area (Å²) in [5.74, 6) is 1.54. The number of halogens is 1. The van der Waals surface area contributed by atoms with Gasteiger partial charge in [0.15, 0.2) is 0 Å². The Labute approximate surface area is 113 Å². The van der Waals surface area contributed by atoms with Gasteiger partial charge in [-0.1, -0.05) is 37.3 Å². The normalized spacial score (nSPS) is 15.6. The highest BCUT2D eigenvalue weighted by molar-refractivity contribution is 6.34. The van der Waals surface area contributed by atoms with Crippen molar-refractivity contribution in [3.8, 4) is 6.07 Å². The minimum absolute atomic E-state index is 0.431. The van der Waals surface area contributed by atoms with Gasteiger partial charge in [-0.05, 0) is 24.8 Å². The lowest BCUT2D eigenvalue weighted by Gasteiger charge is -2.10. The average molecular weight is 264 g/mol. The van der Waals surface area contributed by atoms with Gasteiger partial charge in [0.2, 0.25) is 0 Å². The molecule has 0 amide bonds. The van der Waals surface area contributed by atoms with Crippen LogP contribution in [0.4, 0.5) is 5.82 Å². The molecule has 0 radical (unpaired) electrons. The molecule has 2 rings (SSSR count). The number of hydrogen-bond acceptors (Lipinski definition) is 3. The van der Waals surface area contributed by atoms with E-state index >= 15 is 0 Å². The van der Waals surface area contributed by atoms with Crippen molar-refractivity contribution in [3.63, 3.8) is 0 Å². The van der Waals surface area contributed by atoms with Crippen molar-refractivity contribution in [1.82, 2.24) is 4.98 Å². The van der Waals surface area contributed by atoms with Gasteiger partial charge < -0.3 is 5.32 Å². The molecule has 96 valence electrons. The Kier molecular flexibility index (Phi) is 4.83. The molecule has 1 aliphatic rings. The van der Waals surface area contributed by atoms with E-state index in [-0.39, 0.29) is 0 Å². The Morgan fingerprint density at radius 3 is 2.94 bits per heavy atom. The summed E-state index contributed by atoms with van der Waals surface area (Å²) in [6.07, 6.45) is 9.61. The summed E-state index contributed by atoms with van der Waals surface area (Å²) in [6, 6.07) is 3.69. The molecule has 0 bridgehead atoms. The summed E-state index contributed by atoms with van der Waals surface area (Å²) in [7, 11) is 0. The zero-order valence-electron chi connectivity index (χ0n) is 10.5. The van der Waals surface area contributed by atoms with Gasteiger partial charge in [-0.2, -0.15) is 5.26 Å². The maximum Gasteiger partial charge on any atom is 0.146 e. The molecule has 1 fully saturated rings. The molecule has 0 aromatic carbocycles. The number of nitrogens with zero attached hydrogens (tertiary/aromatic N) is 2. The summed E-state index contributed by atoms with van der Waals surface area (Å²) < 4.78 is 0. The van der Waals surface area contributed by atoms with Crippen molar-refractivity contribution in [2.24, 2.45) is 5.92 Å². The van der Waals surface area contributed by atoms with Gasteiger partial charge >= 0.3 is 0 Å². The lowest BCUT2D eigenvalue weighted by Crippen LogP contribution is -2.06. The zero-order chi connectivity index (χ0) is 12.8. The number of nitriles is 1. The van der Waals surface area contributed by atoms with E-state index in [0.29, 0.717) is 16.4 Å². The Hall–Kier alpha value is -1.27. The molecule has 0 atom stereocenters. The smallest absolute Gasteiger partial charge is 0.146 e. The maximum atomic E-state index is 8.87. The second-order valence-electron chi connectivity index (χ2n) is 4.85. The van der Waals surface area contributed by atoms with Crippen LogP contribution in [0.2, 0.25) is 5.02 Å². The van der Waals surface area contributed by atoms with Gasteiger partial charge in [0, 0.05) is 12.7 Å². The summed E-state index contributed by atoms with van der Waals surface area (Å²) >= 11 is 6.07. The Balaban J connectivity index is 1.78. The Morgan fingerprint density at radius 1 is 1.44 bits per heavy atom. The molecule has 0 spiro atoms. The minimum Gasteiger partial charge on any atom is -0.369 e. The quantitative estimate of drug-likeness (QED) is 0.817. The van der Waals surface area contributed by atoms with Gasteiger partial charge in [-0.15, -0.1) is 0 Å². The number of nitrogens with one attached hydrogen (secondary N) is 1. The Bertz CT molecular complexity index is 433. The SMILES string of the molecule is N#Cc1ccnc(NCCCC2CCCC2)c1Cl. The molecule has 1 saturated carbocycles.